The summed E-state index contributed by atoms with van der Waals surface area (Å²) in [6.45, 7) is 2.92. The van der Waals surface area contributed by atoms with Gasteiger partial charge in [0.1, 0.15) is 0 Å². The van der Waals surface area contributed by atoms with E-state index in [1.165, 1.54) is 13.8 Å². The van der Waals surface area contributed by atoms with Crippen molar-refractivity contribution in [1.82, 2.24) is 0 Å². The maximum atomic E-state index is 9.98. The van der Waals surface area contributed by atoms with Gasteiger partial charge in [-0.25, -0.2) is 0 Å². The van der Waals surface area contributed by atoms with Gasteiger partial charge in [-0.3, -0.25) is 4.79 Å². The van der Waals surface area contributed by atoms with Crippen LogP contribution in [-0.2, 0) is 4.79 Å². The van der Waals surface area contributed by atoms with E-state index in [2.05, 4.69) is 0 Å². The van der Waals surface area contributed by atoms with Crippen LogP contribution in [0.3, 0.4) is 0 Å². The predicted octanol–water partition coefficient (Wildman–Crippen LogP) is 0.0879. The summed E-state index contributed by atoms with van der Waals surface area (Å²) in [6.07, 6.45) is -0.757. The Labute approximate surface area is 47.9 Å². The highest BCUT2D eigenvalue weighted by Gasteiger charge is 2.15. The molecule has 2 N–H and O–H groups in total. The molecule has 3 nitrogen and oxygen atoms in total. The monoisotopic (exact) mass is 118 g/mol. The summed E-state index contributed by atoms with van der Waals surface area (Å²) in [5.41, 5.74) is 0. The minimum absolute atomic E-state index is 0.657. The number of carboxylic acids is 1. The molecule has 1 unspecified atom stereocenters. The van der Waals surface area contributed by atoms with E-state index in [4.69, 9.17) is 10.2 Å². The first-order valence-corrected chi connectivity index (χ1v) is 2.46. The number of rotatable bonds is 2. The van der Waals surface area contributed by atoms with Gasteiger partial charge in [0.15, 0.2) is 0 Å². The van der Waals surface area contributed by atoms with Crippen LogP contribution in [0.4, 0.5) is 0 Å². The predicted molar refractivity (Wildman–Crippen MR) is 28.5 cm³/mol. The Balaban J connectivity index is 3.64. The molecule has 0 aliphatic heterocycles. The van der Waals surface area contributed by atoms with Gasteiger partial charge in [-0.2, -0.15) is 0 Å². The molecule has 0 rings (SSSR count). The molecule has 0 saturated heterocycles. The maximum absolute atomic E-state index is 9.98. The number of aliphatic hydroxyl groups excluding tert-OH is 1. The summed E-state index contributed by atoms with van der Waals surface area (Å²) in [7, 11) is 0. The van der Waals surface area contributed by atoms with Crippen molar-refractivity contribution in [3.63, 3.8) is 0 Å². The third kappa shape index (κ3) is 1.93. The standard InChI is InChI=1S/C5H10O3/c1-3(4(2)6)5(7)8/h3-4,6H,1-2H3,(H,7,8)/t3?,4-/m0/s1. The van der Waals surface area contributed by atoms with Crippen LogP contribution in [-0.4, -0.2) is 22.3 Å². The number of aliphatic carboxylic acids is 1. The first-order valence-electron chi connectivity index (χ1n) is 2.46. The number of hydrogen-bond donors (Lipinski definition) is 2. The van der Waals surface area contributed by atoms with E-state index >= 15 is 0 Å². The fourth-order valence-corrected chi connectivity index (χ4v) is 0.206. The number of carboxylic acid groups (broad SMARTS) is 1. The second-order valence-corrected chi connectivity index (χ2v) is 1.87. The minimum atomic E-state index is -0.958. The molecular formula is C5H10O3. The molecule has 0 heterocycles. The Hall–Kier alpha value is -0.570. The SMILES string of the molecule is CC(C(=O)O)[C@H](C)O. The Morgan fingerprint density at radius 1 is 1.50 bits per heavy atom. The topological polar surface area (TPSA) is 57.5 Å². The summed E-state index contributed by atoms with van der Waals surface area (Å²) in [4.78, 5) is 9.98. The van der Waals surface area contributed by atoms with Gasteiger partial charge in [0, 0.05) is 0 Å². The average molecular weight is 118 g/mol. The first-order chi connectivity index (χ1) is 3.55. The van der Waals surface area contributed by atoms with Crippen molar-refractivity contribution in [2.45, 2.75) is 20.0 Å². The molecule has 2 atom stereocenters. The van der Waals surface area contributed by atoms with E-state index in [-0.39, 0.29) is 0 Å². The molecule has 0 amide bonds. The van der Waals surface area contributed by atoms with Crippen LogP contribution in [0.5, 0.6) is 0 Å². The van der Waals surface area contributed by atoms with Gasteiger partial charge in [0.05, 0.1) is 12.0 Å². The second-order valence-electron chi connectivity index (χ2n) is 1.87. The fraction of sp³-hybridized carbons (Fsp3) is 0.800. The van der Waals surface area contributed by atoms with Gasteiger partial charge in [0.25, 0.3) is 0 Å². The Morgan fingerprint density at radius 2 is 1.88 bits per heavy atom. The van der Waals surface area contributed by atoms with Crippen molar-refractivity contribution >= 4 is 5.97 Å². The molecule has 0 aromatic heterocycles. The van der Waals surface area contributed by atoms with Gasteiger partial charge < -0.3 is 10.2 Å². The van der Waals surface area contributed by atoms with E-state index in [0.29, 0.717) is 0 Å². The van der Waals surface area contributed by atoms with E-state index in [9.17, 15) is 4.79 Å². The van der Waals surface area contributed by atoms with Crippen molar-refractivity contribution in [1.29, 1.82) is 0 Å². The van der Waals surface area contributed by atoms with E-state index in [1.807, 2.05) is 0 Å². The van der Waals surface area contributed by atoms with Gasteiger partial charge in [-0.05, 0) is 13.8 Å². The van der Waals surface area contributed by atoms with Crippen molar-refractivity contribution in [3.8, 4) is 0 Å². The third-order valence-electron chi connectivity index (χ3n) is 1.11. The van der Waals surface area contributed by atoms with Crippen molar-refractivity contribution in [2.75, 3.05) is 0 Å². The van der Waals surface area contributed by atoms with E-state index < -0.39 is 18.0 Å². The summed E-state index contributed by atoms with van der Waals surface area (Å²) >= 11 is 0. The average Bonchev–Trinajstić information content (AvgIpc) is 1.64. The lowest BCUT2D eigenvalue weighted by Gasteiger charge is -2.06. The highest BCUT2D eigenvalue weighted by molar-refractivity contribution is 5.70. The highest BCUT2D eigenvalue weighted by Crippen LogP contribution is 1.99. The molecule has 48 valence electrons. The van der Waals surface area contributed by atoms with Gasteiger partial charge in [-0.15, -0.1) is 0 Å². The molecule has 0 aliphatic carbocycles. The summed E-state index contributed by atoms with van der Waals surface area (Å²) in [5.74, 6) is -1.62. The van der Waals surface area contributed by atoms with Crippen LogP contribution in [0.15, 0.2) is 0 Å². The molecule has 0 bridgehead atoms. The Morgan fingerprint density at radius 3 is 1.88 bits per heavy atom. The normalized spacial score (nSPS) is 17.4. The summed E-state index contributed by atoms with van der Waals surface area (Å²) in [5, 5.41) is 16.8. The van der Waals surface area contributed by atoms with Crippen LogP contribution in [0.1, 0.15) is 13.8 Å². The van der Waals surface area contributed by atoms with Crippen molar-refractivity contribution in [3.05, 3.63) is 0 Å². The molecule has 0 aromatic rings. The van der Waals surface area contributed by atoms with Gasteiger partial charge in [-0.1, -0.05) is 0 Å². The Bertz CT molecular complexity index is 87.7. The molecule has 0 fully saturated rings. The quantitative estimate of drug-likeness (QED) is 0.540. The van der Waals surface area contributed by atoms with Crippen molar-refractivity contribution in [2.24, 2.45) is 5.92 Å². The molecular weight excluding hydrogens is 108 g/mol. The van der Waals surface area contributed by atoms with E-state index in [1.54, 1.807) is 0 Å². The number of hydrogen-bond acceptors (Lipinski definition) is 2. The molecule has 8 heavy (non-hydrogen) atoms. The molecule has 0 spiro atoms. The van der Waals surface area contributed by atoms with Crippen LogP contribution in [0.2, 0.25) is 0 Å². The molecule has 0 aromatic carbocycles. The number of carbonyl (C=O) groups is 1. The fourth-order valence-electron chi connectivity index (χ4n) is 0.206. The minimum Gasteiger partial charge on any atom is -0.481 e. The van der Waals surface area contributed by atoms with Crippen LogP contribution >= 0.6 is 0 Å². The molecule has 0 radical (unpaired) electrons. The second kappa shape index (κ2) is 2.67. The van der Waals surface area contributed by atoms with Crippen molar-refractivity contribution < 1.29 is 15.0 Å². The zero-order valence-corrected chi connectivity index (χ0v) is 4.96. The smallest absolute Gasteiger partial charge is 0.308 e. The molecule has 0 aliphatic rings. The summed E-state index contributed by atoms with van der Waals surface area (Å²) < 4.78 is 0. The number of aliphatic hydroxyl groups is 1. The Kier molecular flexibility index (Phi) is 2.48. The zero-order chi connectivity index (χ0) is 6.73. The lowest BCUT2D eigenvalue weighted by molar-refractivity contribution is -0.144. The largest absolute Gasteiger partial charge is 0.481 e. The lowest BCUT2D eigenvalue weighted by Crippen LogP contribution is -2.21. The molecule has 3 heteroatoms. The molecule has 0 saturated carbocycles. The van der Waals surface area contributed by atoms with Crippen LogP contribution < -0.4 is 0 Å². The van der Waals surface area contributed by atoms with E-state index in [0.717, 1.165) is 0 Å². The van der Waals surface area contributed by atoms with Gasteiger partial charge >= 0.3 is 5.97 Å². The van der Waals surface area contributed by atoms with Crippen LogP contribution in [0.25, 0.3) is 0 Å². The zero-order valence-electron chi connectivity index (χ0n) is 4.96. The van der Waals surface area contributed by atoms with Gasteiger partial charge in [0.2, 0.25) is 0 Å². The summed E-state index contributed by atoms with van der Waals surface area (Å²) in [6, 6.07) is 0. The highest BCUT2D eigenvalue weighted by atomic mass is 16.4. The maximum Gasteiger partial charge on any atom is 0.308 e. The first kappa shape index (κ1) is 7.43. The van der Waals surface area contributed by atoms with Crippen LogP contribution in [0, 0.1) is 5.92 Å². The third-order valence-corrected chi connectivity index (χ3v) is 1.11. The lowest BCUT2D eigenvalue weighted by atomic mass is 10.1.